The van der Waals surface area contributed by atoms with Gasteiger partial charge in [0.1, 0.15) is 11.9 Å². The number of benzene rings is 1. The zero-order valence-electron chi connectivity index (χ0n) is 18.7. The third-order valence-electron chi connectivity index (χ3n) is 5.56. The molecule has 1 unspecified atom stereocenters. The number of carbonyl (C=O) groups is 3. The minimum absolute atomic E-state index is 0.00162. The highest BCUT2D eigenvalue weighted by atomic mass is 16.7. The van der Waals surface area contributed by atoms with E-state index < -0.39 is 41.7 Å². The lowest BCUT2D eigenvalue weighted by Crippen LogP contribution is -2.41. The van der Waals surface area contributed by atoms with Gasteiger partial charge in [-0.25, -0.2) is 4.79 Å². The van der Waals surface area contributed by atoms with Crippen LogP contribution in [0.5, 0.6) is 0 Å². The number of carboxylic acid groups (broad SMARTS) is 2. The third-order valence-corrected chi connectivity index (χ3v) is 5.56. The Kier molecular flexibility index (Phi) is 8.39. The first kappa shape index (κ1) is 25.6. The van der Waals surface area contributed by atoms with Crippen molar-refractivity contribution in [3.8, 4) is 0 Å². The van der Waals surface area contributed by atoms with Crippen molar-refractivity contribution in [2.75, 3.05) is 24.7 Å². The molecule has 1 fully saturated rings. The Balaban J connectivity index is 1.69. The van der Waals surface area contributed by atoms with E-state index in [4.69, 9.17) is 26.0 Å². The van der Waals surface area contributed by atoms with E-state index in [2.05, 4.69) is 15.3 Å². The molecule has 1 aromatic carbocycles. The molecule has 0 spiro atoms. The molecule has 2 aromatic rings. The van der Waals surface area contributed by atoms with Crippen LogP contribution in [0.25, 0.3) is 0 Å². The molecule has 13 heteroatoms. The molecule has 188 valence electrons. The van der Waals surface area contributed by atoms with E-state index in [1.165, 1.54) is 12.1 Å². The number of nitrogens with one attached hydrogen (secondary N) is 2. The predicted molar refractivity (Wildman–Crippen MR) is 123 cm³/mol. The number of nitrogen functional groups attached to an aromatic ring is 2. The van der Waals surface area contributed by atoms with Crippen LogP contribution >= 0.6 is 0 Å². The van der Waals surface area contributed by atoms with Gasteiger partial charge < -0.3 is 36.5 Å². The normalized spacial score (nSPS) is 15.4. The van der Waals surface area contributed by atoms with Crippen LogP contribution in [0.3, 0.4) is 0 Å². The van der Waals surface area contributed by atoms with Crippen molar-refractivity contribution in [3.05, 3.63) is 51.3 Å². The highest BCUT2D eigenvalue weighted by Crippen LogP contribution is 2.31. The molecule has 13 nitrogen and oxygen atoms in total. The lowest BCUT2D eigenvalue weighted by Gasteiger charge is -2.23. The maximum absolute atomic E-state index is 12.5. The molecule has 1 aliphatic rings. The number of rotatable bonds is 11. The van der Waals surface area contributed by atoms with Crippen molar-refractivity contribution in [1.29, 1.82) is 0 Å². The number of ether oxygens (including phenoxy) is 2. The van der Waals surface area contributed by atoms with Gasteiger partial charge in [0.15, 0.2) is 6.29 Å². The van der Waals surface area contributed by atoms with Crippen LogP contribution in [0.2, 0.25) is 0 Å². The maximum atomic E-state index is 12.5. The van der Waals surface area contributed by atoms with Crippen molar-refractivity contribution in [2.45, 2.75) is 43.9 Å². The average Bonchev–Trinajstić information content (AvgIpc) is 3.32. The fourth-order valence-electron chi connectivity index (χ4n) is 3.81. The highest BCUT2D eigenvalue weighted by molar-refractivity contribution is 5.96. The summed E-state index contributed by atoms with van der Waals surface area (Å²) in [6.07, 6.45) is -0.389. The first-order chi connectivity index (χ1) is 16.7. The number of hydrogen-bond acceptors (Lipinski definition) is 9. The number of anilines is 2. The Hall–Kier alpha value is -3.97. The van der Waals surface area contributed by atoms with E-state index >= 15 is 0 Å². The molecule has 1 aromatic heterocycles. The summed E-state index contributed by atoms with van der Waals surface area (Å²) in [4.78, 5) is 53.3. The van der Waals surface area contributed by atoms with Crippen LogP contribution in [0, 0.1) is 0 Å². The standard InChI is InChI=1S/C22H27N5O8/c23-17-16(19(31)27-22(24)26-17)13(21-34-9-10-35-21)6-3-11-1-4-12(5-2-11)18(30)25-14(20(32)33)7-8-15(28)29/h1-2,4-5,13-14,21H,3,6-10H2,(H,25,30)(H,28,29)(H,32,33)(H5,23,24,26,27,31)/t13?,14-/m0/s1. The number of hydrogen-bond donors (Lipinski definition) is 6. The Morgan fingerprint density at radius 2 is 1.77 bits per heavy atom. The number of aryl methyl sites for hydroxylation is 1. The maximum Gasteiger partial charge on any atom is 0.326 e. The quantitative estimate of drug-likeness (QED) is 0.248. The molecule has 0 radical (unpaired) electrons. The van der Waals surface area contributed by atoms with Gasteiger partial charge >= 0.3 is 11.9 Å². The number of aliphatic carboxylic acids is 2. The summed E-state index contributed by atoms with van der Waals surface area (Å²) in [6, 6.07) is 5.14. The second kappa shape index (κ2) is 11.4. The second-order valence-corrected chi connectivity index (χ2v) is 8.00. The van der Waals surface area contributed by atoms with Crippen LogP contribution in [-0.2, 0) is 25.5 Å². The van der Waals surface area contributed by atoms with E-state index in [1.807, 2.05) is 0 Å². The van der Waals surface area contributed by atoms with Crippen molar-refractivity contribution in [1.82, 2.24) is 15.3 Å². The summed E-state index contributed by atoms with van der Waals surface area (Å²) in [6.45, 7) is 0.768. The lowest BCUT2D eigenvalue weighted by atomic mass is 9.92. The first-order valence-electron chi connectivity index (χ1n) is 10.9. The van der Waals surface area contributed by atoms with Crippen LogP contribution in [0.15, 0.2) is 29.1 Å². The molecule has 0 saturated carbocycles. The van der Waals surface area contributed by atoms with Gasteiger partial charge in [-0.1, -0.05) is 12.1 Å². The number of nitrogens with two attached hydrogens (primary N) is 2. The smallest absolute Gasteiger partial charge is 0.326 e. The van der Waals surface area contributed by atoms with Gasteiger partial charge in [0.2, 0.25) is 5.95 Å². The van der Waals surface area contributed by atoms with Crippen LogP contribution < -0.4 is 22.3 Å². The number of aromatic nitrogens is 2. The Labute approximate surface area is 199 Å². The fourth-order valence-corrected chi connectivity index (χ4v) is 3.81. The van der Waals surface area contributed by atoms with Gasteiger partial charge in [-0.3, -0.25) is 19.4 Å². The molecule has 2 atom stereocenters. The zero-order chi connectivity index (χ0) is 25.5. The van der Waals surface area contributed by atoms with Gasteiger partial charge in [-0.2, -0.15) is 4.98 Å². The molecule has 3 rings (SSSR count). The number of carbonyl (C=O) groups excluding carboxylic acids is 1. The summed E-state index contributed by atoms with van der Waals surface area (Å²) in [5, 5.41) is 20.3. The molecular weight excluding hydrogens is 462 g/mol. The number of amides is 1. The van der Waals surface area contributed by atoms with E-state index in [0.29, 0.717) is 26.1 Å². The topological polar surface area (TPSA) is 220 Å². The Morgan fingerprint density at radius 3 is 2.34 bits per heavy atom. The largest absolute Gasteiger partial charge is 0.481 e. The van der Waals surface area contributed by atoms with Crippen molar-refractivity contribution in [3.63, 3.8) is 0 Å². The molecule has 2 heterocycles. The van der Waals surface area contributed by atoms with E-state index in [1.54, 1.807) is 12.1 Å². The lowest BCUT2D eigenvalue weighted by molar-refractivity contribution is -0.140. The third kappa shape index (κ3) is 6.77. The van der Waals surface area contributed by atoms with E-state index in [-0.39, 0.29) is 35.7 Å². The van der Waals surface area contributed by atoms with Gasteiger partial charge in [-0.05, 0) is 37.0 Å². The van der Waals surface area contributed by atoms with Crippen LogP contribution in [-0.4, -0.2) is 63.6 Å². The molecule has 0 aliphatic carbocycles. The SMILES string of the molecule is Nc1nc(N)c(C(CCc2ccc(C(=O)N[C@@H](CCC(=O)O)C(=O)O)cc2)C2OCCO2)c(=O)[nH]1. The second-order valence-electron chi connectivity index (χ2n) is 8.00. The summed E-state index contributed by atoms with van der Waals surface area (Å²) < 4.78 is 11.2. The van der Waals surface area contributed by atoms with Crippen molar-refractivity contribution >= 4 is 29.6 Å². The van der Waals surface area contributed by atoms with E-state index in [0.717, 1.165) is 5.56 Å². The number of aromatic amines is 1. The number of carboxylic acids is 2. The fraction of sp³-hybridized carbons (Fsp3) is 0.409. The molecule has 1 saturated heterocycles. The summed E-state index contributed by atoms with van der Waals surface area (Å²) in [5.74, 6) is -3.70. The van der Waals surface area contributed by atoms with Crippen LogP contribution in [0.1, 0.15) is 46.7 Å². The molecular formula is C22H27N5O8. The first-order valence-corrected chi connectivity index (χ1v) is 10.9. The molecule has 0 bridgehead atoms. The molecule has 8 N–H and O–H groups in total. The zero-order valence-corrected chi connectivity index (χ0v) is 18.7. The van der Waals surface area contributed by atoms with Crippen molar-refractivity contribution in [2.24, 2.45) is 0 Å². The van der Waals surface area contributed by atoms with Crippen molar-refractivity contribution < 1.29 is 34.1 Å². The average molecular weight is 489 g/mol. The monoisotopic (exact) mass is 489 g/mol. The Morgan fingerprint density at radius 1 is 1.11 bits per heavy atom. The minimum Gasteiger partial charge on any atom is -0.481 e. The minimum atomic E-state index is -1.32. The molecule has 1 amide bonds. The van der Waals surface area contributed by atoms with Gasteiger partial charge in [-0.15, -0.1) is 0 Å². The molecule has 35 heavy (non-hydrogen) atoms. The summed E-state index contributed by atoms with van der Waals surface area (Å²) in [7, 11) is 0. The summed E-state index contributed by atoms with van der Waals surface area (Å²) in [5.41, 5.74) is 12.3. The Bertz CT molecular complexity index is 1130. The van der Waals surface area contributed by atoms with Gasteiger partial charge in [0.25, 0.3) is 11.5 Å². The van der Waals surface area contributed by atoms with Crippen LogP contribution in [0.4, 0.5) is 11.8 Å². The van der Waals surface area contributed by atoms with Gasteiger partial charge in [0.05, 0.1) is 18.8 Å². The molecule has 1 aliphatic heterocycles. The number of H-pyrrole nitrogens is 1. The predicted octanol–water partition coefficient (Wildman–Crippen LogP) is 0.0714. The van der Waals surface area contributed by atoms with Gasteiger partial charge in [0, 0.05) is 17.9 Å². The number of nitrogens with zero attached hydrogens (tertiary/aromatic N) is 1. The highest BCUT2D eigenvalue weighted by Gasteiger charge is 2.32. The van der Waals surface area contributed by atoms with E-state index in [9.17, 15) is 24.3 Å². The summed E-state index contributed by atoms with van der Waals surface area (Å²) >= 11 is 0.